The minimum atomic E-state index is -3.93. The average Bonchev–Trinajstić information content (AvgIpc) is 3.39. The van der Waals surface area contributed by atoms with E-state index in [4.69, 9.17) is 4.74 Å². The van der Waals surface area contributed by atoms with Crippen molar-refractivity contribution in [1.82, 2.24) is 10.0 Å². The Labute approximate surface area is 242 Å². The van der Waals surface area contributed by atoms with Gasteiger partial charge in [0.05, 0.1) is 12.0 Å². The standard InChI is InChI=1S/C32H38FN3O4S/c1-40-28-12-7-24(8-13-28)25-9-14-29(15-10-25)41(38,39)35-30(21-23-5-3-2-4-6-23)32(37)34-18-20-36-19-17-26-22-27(33)11-16-31(26)36/h7-16,22-23,30,35H,2-6,17-21H2,1H3,(H,34,37)/t30-/m0/s1. The fraction of sp³-hybridized carbons (Fsp3) is 0.406. The number of rotatable bonds is 11. The Kier molecular flexibility index (Phi) is 9.25. The second kappa shape index (κ2) is 13.0. The van der Waals surface area contributed by atoms with Crippen LogP contribution >= 0.6 is 0 Å². The Balaban J connectivity index is 1.24. The third kappa shape index (κ3) is 7.26. The summed E-state index contributed by atoms with van der Waals surface area (Å²) in [6, 6.07) is 18.2. The minimum Gasteiger partial charge on any atom is -0.497 e. The smallest absolute Gasteiger partial charge is 0.241 e. The van der Waals surface area contributed by atoms with E-state index in [2.05, 4.69) is 14.9 Å². The number of hydrogen-bond donors (Lipinski definition) is 2. The molecule has 0 unspecified atom stereocenters. The van der Waals surface area contributed by atoms with Crippen LogP contribution in [0.3, 0.4) is 0 Å². The first-order chi connectivity index (χ1) is 19.8. The number of methoxy groups -OCH3 is 1. The molecule has 2 aliphatic rings. The van der Waals surface area contributed by atoms with Crippen LogP contribution in [0.15, 0.2) is 71.6 Å². The van der Waals surface area contributed by atoms with Crippen molar-refractivity contribution in [2.75, 3.05) is 31.6 Å². The molecule has 3 aromatic rings. The number of sulfonamides is 1. The highest BCUT2D eigenvalue weighted by molar-refractivity contribution is 7.89. The van der Waals surface area contributed by atoms with E-state index in [0.29, 0.717) is 25.4 Å². The molecule has 0 saturated heterocycles. The van der Waals surface area contributed by atoms with Crippen LogP contribution in [-0.2, 0) is 21.2 Å². The van der Waals surface area contributed by atoms with Gasteiger partial charge in [-0.25, -0.2) is 12.8 Å². The summed E-state index contributed by atoms with van der Waals surface area (Å²) in [5.74, 6) is 0.500. The maximum atomic E-state index is 13.6. The molecule has 1 aliphatic heterocycles. The van der Waals surface area contributed by atoms with Crippen LogP contribution in [-0.4, -0.2) is 47.1 Å². The summed E-state index contributed by atoms with van der Waals surface area (Å²) in [6.07, 6.45) is 6.64. The van der Waals surface area contributed by atoms with Crippen LogP contribution in [0.25, 0.3) is 11.1 Å². The number of nitrogens with one attached hydrogen (secondary N) is 2. The Morgan fingerprint density at radius 1 is 1.00 bits per heavy atom. The molecule has 1 saturated carbocycles. The molecule has 5 rings (SSSR count). The lowest BCUT2D eigenvalue weighted by atomic mass is 9.85. The molecule has 1 fully saturated rings. The van der Waals surface area contributed by atoms with Gasteiger partial charge < -0.3 is 15.0 Å². The topological polar surface area (TPSA) is 87.7 Å². The fourth-order valence-corrected chi connectivity index (χ4v) is 7.15. The molecule has 0 aromatic heterocycles. The van der Waals surface area contributed by atoms with Gasteiger partial charge in [0, 0.05) is 25.3 Å². The molecule has 9 heteroatoms. The Morgan fingerprint density at radius 3 is 2.37 bits per heavy atom. The van der Waals surface area contributed by atoms with Crippen LogP contribution in [0, 0.1) is 11.7 Å². The first-order valence-corrected chi connectivity index (χ1v) is 15.9. The highest BCUT2D eigenvalue weighted by Gasteiger charge is 2.29. The molecular weight excluding hydrogens is 541 g/mol. The molecule has 218 valence electrons. The number of carbonyl (C=O) groups excluding carboxylic acids is 1. The summed E-state index contributed by atoms with van der Waals surface area (Å²) in [5, 5.41) is 2.96. The summed E-state index contributed by atoms with van der Waals surface area (Å²) < 4.78 is 48.3. The molecule has 1 amide bonds. The van der Waals surface area contributed by atoms with Crippen molar-refractivity contribution in [2.45, 2.75) is 55.9 Å². The summed E-state index contributed by atoms with van der Waals surface area (Å²) >= 11 is 0. The van der Waals surface area contributed by atoms with Gasteiger partial charge in [-0.1, -0.05) is 56.4 Å². The van der Waals surface area contributed by atoms with E-state index in [1.165, 1.54) is 12.5 Å². The largest absolute Gasteiger partial charge is 0.497 e. The van der Waals surface area contributed by atoms with Crippen molar-refractivity contribution in [3.8, 4) is 16.9 Å². The Hall–Kier alpha value is -3.43. The second-order valence-electron chi connectivity index (χ2n) is 11.0. The zero-order chi connectivity index (χ0) is 28.8. The monoisotopic (exact) mass is 579 g/mol. The van der Waals surface area contributed by atoms with Crippen molar-refractivity contribution < 1.29 is 22.3 Å². The maximum absolute atomic E-state index is 13.6. The van der Waals surface area contributed by atoms with E-state index in [1.54, 1.807) is 43.5 Å². The molecule has 2 N–H and O–H groups in total. The van der Waals surface area contributed by atoms with Gasteiger partial charge in [-0.2, -0.15) is 4.72 Å². The molecule has 1 heterocycles. The number of anilines is 1. The SMILES string of the molecule is COc1ccc(-c2ccc(S(=O)(=O)N[C@@H](CC3CCCCC3)C(=O)NCCN3CCc4cc(F)ccc43)cc2)cc1. The van der Waals surface area contributed by atoms with Gasteiger partial charge in [0.2, 0.25) is 15.9 Å². The molecule has 1 aliphatic carbocycles. The number of ether oxygens (including phenoxy) is 1. The van der Waals surface area contributed by atoms with Crippen molar-refractivity contribution >= 4 is 21.6 Å². The van der Waals surface area contributed by atoms with Crippen molar-refractivity contribution in [2.24, 2.45) is 5.92 Å². The van der Waals surface area contributed by atoms with Crippen molar-refractivity contribution in [3.05, 3.63) is 78.1 Å². The van der Waals surface area contributed by atoms with Crippen LogP contribution < -0.4 is 19.7 Å². The fourth-order valence-electron chi connectivity index (χ4n) is 5.94. The summed E-state index contributed by atoms with van der Waals surface area (Å²) in [7, 11) is -2.32. The maximum Gasteiger partial charge on any atom is 0.241 e. The number of carbonyl (C=O) groups is 1. The highest BCUT2D eigenvalue weighted by atomic mass is 32.2. The lowest BCUT2D eigenvalue weighted by molar-refractivity contribution is -0.123. The van der Waals surface area contributed by atoms with Crippen LogP contribution in [0.5, 0.6) is 5.75 Å². The lowest BCUT2D eigenvalue weighted by Crippen LogP contribution is -2.49. The third-order valence-electron chi connectivity index (χ3n) is 8.21. The number of hydrogen-bond acceptors (Lipinski definition) is 5. The molecule has 0 radical (unpaired) electrons. The first kappa shape index (κ1) is 29.1. The van der Waals surface area contributed by atoms with E-state index < -0.39 is 16.1 Å². The van der Waals surface area contributed by atoms with Crippen LogP contribution in [0.4, 0.5) is 10.1 Å². The molecule has 0 bridgehead atoms. The van der Waals surface area contributed by atoms with E-state index >= 15 is 0 Å². The predicted molar refractivity (Wildman–Crippen MR) is 159 cm³/mol. The molecule has 7 nitrogen and oxygen atoms in total. The summed E-state index contributed by atoms with van der Waals surface area (Å²) in [4.78, 5) is 15.6. The molecule has 41 heavy (non-hydrogen) atoms. The van der Waals surface area contributed by atoms with Gasteiger partial charge in [0.1, 0.15) is 17.6 Å². The molecule has 0 spiro atoms. The number of fused-ring (bicyclic) bond motifs is 1. The number of benzene rings is 3. The summed E-state index contributed by atoms with van der Waals surface area (Å²) in [5.41, 5.74) is 3.79. The van der Waals surface area contributed by atoms with E-state index in [9.17, 15) is 17.6 Å². The predicted octanol–water partition coefficient (Wildman–Crippen LogP) is 5.30. The second-order valence-corrected chi connectivity index (χ2v) is 12.7. The van der Waals surface area contributed by atoms with Gasteiger partial charge >= 0.3 is 0 Å². The van der Waals surface area contributed by atoms with Gasteiger partial charge in [-0.3, -0.25) is 4.79 Å². The average molecular weight is 580 g/mol. The van der Waals surface area contributed by atoms with E-state index in [-0.39, 0.29) is 16.6 Å². The summed E-state index contributed by atoms with van der Waals surface area (Å²) in [6.45, 7) is 1.70. The Morgan fingerprint density at radius 2 is 1.68 bits per heavy atom. The molecule has 1 atom stereocenters. The quantitative estimate of drug-likeness (QED) is 0.322. The van der Waals surface area contributed by atoms with Gasteiger partial charge in [-0.05, 0) is 77.9 Å². The molecule has 3 aromatic carbocycles. The lowest BCUT2D eigenvalue weighted by Gasteiger charge is -2.27. The van der Waals surface area contributed by atoms with Gasteiger partial charge in [-0.15, -0.1) is 0 Å². The molecular formula is C32H38FN3O4S. The van der Waals surface area contributed by atoms with Crippen LogP contribution in [0.1, 0.15) is 44.1 Å². The Bertz CT molecular complexity index is 1440. The third-order valence-corrected chi connectivity index (χ3v) is 9.70. The van der Waals surface area contributed by atoms with Crippen molar-refractivity contribution in [1.29, 1.82) is 0 Å². The normalized spacial score (nSPS) is 16.3. The zero-order valence-corrected chi connectivity index (χ0v) is 24.3. The highest BCUT2D eigenvalue weighted by Crippen LogP contribution is 2.30. The van der Waals surface area contributed by atoms with Crippen LogP contribution in [0.2, 0.25) is 0 Å². The first-order valence-electron chi connectivity index (χ1n) is 14.4. The van der Waals surface area contributed by atoms with Gasteiger partial charge in [0.15, 0.2) is 0 Å². The number of halogens is 1. The minimum absolute atomic E-state index is 0.122. The number of amides is 1. The van der Waals surface area contributed by atoms with E-state index in [0.717, 1.165) is 66.8 Å². The van der Waals surface area contributed by atoms with E-state index in [1.807, 2.05) is 24.3 Å². The van der Waals surface area contributed by atoms with Crippen molar-refractivity contribution in [3.63, 3.8) is 0 Å². The number of nitrogens with zero attached hydrogens (tertiary/aromatic N) is 1. The van der Waals surface area contributed by atoms with Gasteiger partial charge in [0.25, 0.3) is 0 Å². The zero-order valence-electron chi connectivity index (χ0n) is 23.4.